The Hall–Kier alpha value is -0.730. The van der Waals surface area contributed by atoms with Gasteiger partial charge in [0.2, 0.25) is 0 Å². The van der Waals surface area contributed by atoms with E-state index in [4.69, 9.17) is 11.6 Å². The third-order valence-electron chi connectivity index (χ3n) is 4.12. The molecule has 18 heavy (non-hydrogen) atoms. The fourth-order valence-electron chi connectivity index (χ4n) is 2.59. The second-order valence-corrected chi connectivity index (χ2v) is 5.90. The van der Waals surface area contributed by atoms with Crippen LogP contribution in [0.4, 0.5) is 5.69 Å². The fraction of sp³-hybridized carbons (Fsp3) is 0.600. The minimum absolute atomic E-state index is 0.202. The van der Waals surface area contributed by atoms with E-state index >= 15 is 0 Å². The molecule has 0 saturated carbocycles. The van der Waals surface area contributed by atoms with Crippen molar-refractivity contribution in [1.82, 2.24) is 5.32 Å². The maximum absolute atomic E-state index is 6.12. The molecule has 2 unspecified atom stereocenters. The van der Waals surface area contributed by atoms with Crippen molar-refractivity contribution in [3.8, 4) is 0 Å². The average molecular weight is 267 g/mol. The van der Waals surface area contributed by atoms with Crippen LogP contribution in [-0.2, 0) is 0 Å². The van der Waals surface area contributed by atoms with Gasteiger partial charge in [-0.3, -0.25) is 0 Å². The molecule has 2 nitrogen and oxygen atoms in total. The van der Waals surface area contributed by atoms with Crippen LogP contribution in [-0.4, -0.2) is 24.7 Å². The summed E-state index contributed by atoms with van der Waals surface area (Å²) in [6, 6.07) is 8.77. The van der Waals surface area contributed by atoms with Crippen molar-refractivity contribution >= 4 is 17.3 Å². The summed E-state index contributed by atoms with van der Waals surface area (Å²) in [6.45, 7) is 8.89. The predicted molar refractivity (Wildman–Crippen MR) is 79.6 cm³/mol. The molecule has 2 rings (SSSR count). The number of hydrogen-bond acceptors (Lipinski definition) is 2. The first-order valence-electron chi connectivity index (χ1n) is 6.85. The van der Waals surface area contributed by atoms with Crippen LogP contribution >= 0.6 is 11.6 Å². The van der Waals surface area contributed by atoms with E-state index in [1.807, 2.05) is 12.1 Å². The van der Waals surface area contributed by atoms with Gasteiger partial charge in [0, 0.05) is 35.4 Å². The largest absolute Gasteiger partial charge is 0.365 e. The lowest BCUT2D eigenvalue weighted by Crippen LogP contribution is -2.62. The van der Waals surface area contributed by atoms with E-state index in [1.54, 1.807) is 0 Å². The van der Waals surface area contributed by atoms with E-state index in [0.717, 1.165) is 31.0 Å². The van der Waals surface area contributed by atoms with Gasteiger partial charge in [0.1, 0.15) is 0 Å². The lowest BCUT2D eigenvalue weighted by molar-refractivity contribution is 0.276. The zero-order valence-electron chi connectivity index (χ0n) is 11.5. The van der Waals surface area contributed by atoms with Crippen LogP contribution in [0.2, 0.25) is 5.02 Å². The smallest absolute Gasteiger partial charge is 0.0426 e. The summed E-state index contributed by atoms with van der Waals surface area (Å²) >= 11 is 6.12. The lowest BCUT2D eigenvalue weighted by Gasteiger charge is -2.47. The highest BCUT2D eigenvalue weighted by Gasteiger charge is 2.33. The van der Waals surface area contributed by atoms with Gasteiger partial charge in [-0.1, -0.05) is 31.5 Å². The molecular weight excluding hydrogens is 244 g/mol. The van der Waals surface area contributed by atoms with Crippen molar-refractivity contribution in [2.45, 2.75) is 45.2 Å². The summed E-state index contributed by atoms with van der Waals surface area (Å²) in [5.41, 5.74) is 1.45. The topological polar surface area (TPSA) is 15.3 Å². The maximum atomic E-state index is 6.12. The van der Waals surface area contributed by atoms with E-state index in [-0.39, 0.29) is 5.54 Å². The molecule has 1 aromatic rings. The third kappa shape index (κ3) is 2.81. The van der Waals surface area contributed by atoms with Crippen LogP contribution in [0.1, 0.15) is 33.6 Å². The standard InChI is InChI=1S/C15H23ClN2/c1-4-13-10-17-15(3,5-2)11-18(13)14-8-6-7-12(16)9-14/h6-9,13,17H,4-5,10-11H2,1-3H3. The minimum Gasteiger partial charge on any atom is -0.365 e. The highest BCUT2D eigenvalue weighted by atomic mass is 35.5. The molecule has 0 aromatic heterocycles. The summed E-state index contributed by atoms with van der Waals surface area (Å²) in [5, 5.41) is 4.50. The molecule has 0 bridgehead atoms. The van der Waals surface area contributed by atoms with Gasteiger partial charge in [-0.05, 0) is 38.0 Å². The highest BCUT2D eigenvalue weighted by Crippen LogP contribution is 2.28. The quantitative estimate of drug-likeness (QED) is 0.898. The molecule has 1 N–H and O–H groups in total. The van der Waals surface area contributed by atoms with Crippen molar-refractivity contribution < 1.29 is 0 Å². The number of nitrogens with one attached hydrogen (secondary N) is 1. The summed E-state index contributed by atoms with van der Waals surface area (Å²) in [7, 11) is 0. The SMILES string of the molecule is CCC1CNC(C)(CC)CN1c1cccc(Cl)c1. The van der Waals surface area contributed by atoms with Crippen LogP contribution in [0.3, 0.4) is 0 Å². The number of benzene rings is 1. The van der Waals surface area contributed by atoms with Crippen molar-refractivity contribution in [3.63, 3.8) is 0 Å². The Balaban J connectivity index is 2.26. The summed E-state index contributed by atoms with van der Waals surface area (Å²) in [6.07, 6.45) is 2.29. The molecule has 0 spiro atoms. The Morgan fingerprint density at radius 3 is 2.83 bits per heavy atom. The Bertz CT molecular complexity index is 407. The molecule has 0 amide bonds. The van der Waals surface area contributed by atoms with Gasteiger partial charge in [-0.25, -0.2) is 0 Å². The summed E-state index contributed by atoms with van der Waals surface area (Å²) in [5.74, 6) is 0. The number of hydrogen-bond donors (Lipinski definition) is 1. The molecule has 0 aliphatic carbocycles. The van der Waals surface area contributed by atoms with Gasteiger partial charge < -0.3 is 10.2 Å². The van der Waals surface area contributed by atoms with Gasteiger partial charge in [-0.15, -0.1) is 0 Å². The van der Waals surface area contributed by atoms with Crippen molar-refractivity contribution in [2.75, 3.05) is 18.0 Å². The maximum Gasteiger partial charge on any atom is 0.0426 e. The number of anilines is 1. The summed E-state index contributed by atoms with van der Waals surface area (Å²) in [4.78, 5) is 2.51. The number of piperazine rings is 1. The molecule has 2 atom stereocenters. The van der Waals surface area contributed by atoms with Gasteiger partial charge in [0.25, 0.3) is 0 Å². The van der Waals surface area contributed by atoms with Gasteiger partial charge in [0.15, 0.2) is 0 Å². The molecular formula is C15H23ClN2. The van der Waals surface area contributed by atoms with Crippen LogP contribution < -0.4 is 10.2 Å². The van der Waals surface area contributed by atoms with Gasteiger partial charge >= 0.3 is 0 Å². The zero-order chi connectivity index (χ0) is 13.2. The lowest BCUT2D eigenvalue weighted by atomic mass is 9.92. The molecule has 1 heterocycles. The van der Waals surface area contributed by atoms with Crippen molar-refractivity contribution in [1.29, 1.82) is 0 Å². The van der Waals surface area contributed by atoms with Crippen LogP contribution in [0.5, 0.6) is 0 Å². The molecule has 1 aliphatic rings. The molecule has 1 aromatic carbocycles. The highest BCUT2D eigenvalue weighted by molar-refractivity contribution is 6.30. The van der Waals surface area contributed by atoms with E-state index in [9.17, 15) is 0 Å². The van der Waals surface area contributed by atoms with Crippen molar-refractivity contribution in [3.05, 3.63) is 29.3 Å². The third-order valence-corrected chi connectivity index (χ3v) is 4.35. The Kier molecular flexibility index (Phi) is 4.18. The van der Waals surface area contributed by atoms with E-state index < -0.39 is 0 Å². The van der Waals surface area contributed by atoms with Crippen molar-refractivity contribution in [2.24, 2.45) is 0 Å². The Morgan fingerprint density at radius 2 is 2.22 bits per heavy atom. The number of rotatable bonds is 3. The molecule has 0 radical (unpaired) electrons. The van der Waals surface area contributed by atoms with E-state index in [0.29, 0.717) is 6.04 Å². The first-order chi connectivity index (χ1) is 8.58. The number of nitrogens with zero attached hydrogens (tertiary/aromatic N) is 1. The van der Waals surface area contributed by atoms with Crippen LogP contribution in [0, 0.1) is 0 Å². The van der Waals surface area contributed by atoms with Gasteiger partial charge in [-0.2, -0.15) is 0 Å². The summed E-state index contributed by atoms with van der Waals surface area (Å²) < 4.78 is 0. The van der Waals surface area contributed by atoms with Gasteiger partial charge in [0.05, 0.1) is 0 Å². The average Bonchev–Trinajstić information content (AvgIpc) is 2.39. The first kappa shape index (κ1) is 13.7. The number of halogens is 1. The second kappa shape index (κ2) is 5.50. The molecule has 1 fully saturated rings. The molecule has 3 heteroatoms. The predicted octanol–water partition coefficient (Wildman–Crippen LogP) is 3.70. The van der Waals surface area contributed by atoms with Crippen LogP contribution in [0.25, 0.3) is 0 Å². The fourth-order valence-corrected chi connectivity index (χ4v) is 2.78. The van der Waals surface area contributed by atoms with E-state index in [2.05, 4.69) is 43.1 Å². The monoisotopic (exact) mass is 266 g/mol. The Morgan fingerprint density at radius 1 is 1.44 bits per heavy atom. The minimum atomic E-state index is 0.202. The van der Waals surface area contributed by atoms with E-state index in [1.165, 1.54) is 5.69 Å². The molecule has 1 saturated heterocycles. The Labute approximate surface area is 115 Å². The first-order valence-corrected chi connectivity index (χ1v) is 7.23. The zero-order valence-corrected chi connectivity index (χ0v) is 12.3. The normalized spacial score (nSPS) is 28.4. The molecule has 100 valence electrons. The second-order valence-electron chi connectivity index (χ2n) is 5.46. The molecule has 1 aliphatic heterocycles. The van der Waals surface area contributed by atoms with Crippen LogP contribution in [0.15, 0.2) is 24.3 Å².